The van der Waals surface area contributed by atoms with E-state index in [2.05, 4.69) is 21.3 Å². The highest BCUT2D eigenvalue weighted by Crippen LogP contribution is 2.26. The van der Waals surface area contributed by atoms with Gasteiger partial charge < -0.3 is 30.1 Å². The summed E-state index contributed by atoms with van der Waals surface area (Å²) in [6.07, 6.45) is 5.10. The SMILES string of the molecule is C#Cc1ccccc1C(C(=O)NCC(=O)OC)N(CCO)C(=O)C(CC(C)C)NC(=O)OC(C)(C)C. The van der Waals surface area contributed by atoms with Crippen molar-refractivity contribution in [1.29, 1.82) is 0 Å². The van der Waals surface area contributed by atoms with E-state index in [9.17, 15) is 24.3 Å². The Morgan fingerprint density at radius 3 is 2.33 bits per heavy atom. The Kier molecular flexibility index (Phi) is 11.9. The number of ether oxygens (including phenoxy) is 2. The van der Waals surface area contributed by atoms with E-state index in [0.29, 0.717) is 11.1 Å². The van der Waals surface area contributed by atoms with E-state index in [1.165, 1.54) is 7.11 Å². The van der Waals surface area contributed by atoms with Crippen LogP contribution in [0.15, 0.2) is 24.3 Å². The van der Waals surface area contributed by atoms with Gasteiger partial charge in [-0.3, -0.25) is 14.4 Å². The molecule has 1 aromatic rings. The Labute approximate surface area is 212 Å². The molecule has 10 heteroatoms. The lowest BCUT2D eigenvalue weighted by Crippen LogP contribution is -2.54. The molecule has 0 aromatic heterocycles. The third kappa shape index (κ3) is 9.58. The maximum Gasteiger partial charge on any atom is 0.408 e. The van der Waals surface area contributed by atoms with Gasteiger partial charge in [0.1, 0.15) is 24.2 Å². The number of hydrogen-bond acceptors (Lipinski definition) is 7. The predicted octanol–water partition coefficient (Wildman–Crippen LogP) is 1.76. The van der Waals surface area contributed by atoms with Crippen LogP contribution in [0.1, 0.15) is 58.2 Å². The average molecular weight is 504 g/mol. The van der Waals surface area contributed by atoms with Crippen LogP contribution in [0, 0.1) is 18.3 Å². The van der Waals surface area contributed by atoms with Crippen molar-refractivity contribution in [2.45, 2.75) is 58.7 Å². The first-order chi connectivity index (χ1) is 16.8. The van der Waals surface area contributed by atoms with Gasteiger partial charge in [-0.2, -0.15) is 0 Å². The number of nitrogens with zero attached hydrogens (tertiary/aromatic N) is 1. The van der Waals surface area contributed by atoms with Gasteiger partial charge in [0.25, 0.3) is 0 Å². The average Bonchev–Trinajstić information content (AvgIpc) is 2.80. The summed E-state index contributed by atoms with van der Waals surface area (Å²) in [5.74, 6) is 0.491. The molecule has 0 aliphatic rings. The quantitative estimate of drug-likeness (QED) is 0.309. The summed E-state index contributed by atoms with van der Waals surface area (Å²) in [6.45, 7) is 7.71. The Morgan fingerprint density at radius 2 is 1.81 bits per heavy atom. The van der Waals surface area contributed by atoms with Crippen molar-refractivity contribution in [2.75, 3.05) is 26.8 Å². The van der Waals surface area contributed by atoms with E-state index in [-0.39, 0.29) is 18.9 Å². The molecule has 3 N–H and O–H groups in total. The van der Waals surface area contributed by atoms with E-state index < -0.39 is 54.7 Å². The maximum absolute atomic E-state index is 13.8. The summed E-state index contributed by atoms with van der Waals surface area (Å²) in [6, 6.07) is 4.20. The molecule has 198 valence electrons. The number of aliphatic hydroxyl groups is 1. The second-order valence-electron chi connectivity index (χ2n) is 9.51. The Bertz CT molecular complexity index is 963. The molecular weight excluding hydrogens is 466 g/mol. The lowest BCUT2D eigenvalue weighted by molar-refractivity contribution is -0.145. The van der Waals surface area contributed by atoms with Gasteiger partial charge >= 0.3 is 12.1 Å². The highest BCUT2D eigenvalue weighted by atomic mass is 16.6. The van der Waals surface area contributed by atoms with Gasteiger partial charge in [0.2, 0.25) is 11.8 Å². The van der Waals surface area contributed by atoms with Crippen LogP contribution < -0.4 is 10.6 Å². The number of carbonyl (C=O) groups is 4. The maximum atomic E-state index is 13.8. The highest BCUT2D eigenvalue weighted by Gasteiger charge is 2.37. The van der Waals surface area contributed by atoms with Crippen LogP contribution in [-0.4, -0.2) is 72.3 Å². The fourth-order valence-electron chi connectivity index (χ4n) is 3.46. The number of methoxy groups -OCH3 is 1. The van der Waals surface area contributed by atoms with E-state index in [1.54, 1.807) is 45.0 Å². The minimum absolute atomic E-state index is 0.00513. The van der Waals surface area contributed by atoms with Crippen molar-refractivity contribution < 1.29 is 33.8 Å². The number of amides is 3. The molecule has 1 aromatic carbocycles. The summed E-state index contributed by atoms with van der Waals surface area (Å²) >= 11 is 0. The number of aliphatic hydroxyl groups excluding tert-OH is 1. The van der Waals surface area contributed by atoms with Crippen LogP contribution in [0.2, 0.25) is 0 Å². The number of nitrogens with one attached hydrogen (secondary N) is 2. The van der Waals surface area contributed by atoms with Crippen molar-refractivity contribution in [3.63, 3.8) is 0 Å². The summed E-state index contributed by atoms with van der Waals surface area (Å²) in [7, 11) is 1.18. The number of esters is 1. The molecule has 0 saturated heterocycles. The number of carbonyl (C=O) groups excluding carboxylic acids is 4. The van der Waals surface area contributed by atoms with Crippen LogP contribution >= 0.6 is 0 Å². The molecule has 0 saturated carbocycles. The second kappa shape index (κ2) is 14.1. The number of rotatable bonds is 11. The number of terminal acetylenes is 1. The largest absolute Gasteiger partial charge is 0.468 e. The first kappa shape index (κ1) is 30.5. The fraction of sp³-hybridized carbons (Fsp3) is 0.538. The number of benzene rings is 1. The first-order valence-corrected chi connectivity index (χ1v) is 11.7. The zero-order chi connectivity index (χ0) is 27.5. The normalized spacial score (nSPS) is 12.6. The molecule has 36 heavy (non-hydrogen) atoms. The van der Waals surface area contributed by atoms with Gasteiger partial charge in [-0.15, -0.1) is 6.42 Å². The highest BCUT2D eigenvalue weighted by molar-refractivity contribution is 5.93. The zero-order valence-corrected chi connectivity index (χ0v) is 21.8. The van der Waals surface area contributed by atoms with Crippen LogP contribution in [0.25, 0.3) is 0 Å². The molecule has 2 atom stereocenters. The molecule has 3 amide bonds. The lowest BCUT2D eigenvalue weighted by Gasteiger charge is -2.35. The summed E-state index contributed by atoms with van der Waals surface area (Å²) < 4.78 is 9.90. The van der Waals surface area contributed by atoms with Crippen molar-refractivity contribution >= 4 is 23.9 Å². The first-order valence-electron chi connectivity index (χ1n) is 11.7. The predicted molar refractivity (Wildman–Crippen MR) is 134 cm³/mol. The Morgan fingerprint density at radius 1 is 1.17 bits per heavy atom. The van der Waals surface area contributed by atoms with Gasteiger partial charge in [-0.25, -0.2) is 4.79 Å². The van der Waals surface area contributed by atoms with Crippen LogP contribution in [0.4, 0.5) is 4.79 Å². The van der Waals surface area contributed by atoms with Crippen molar-refractivity contribution in [3.05, 3.63) is 35.4 Å². The molecule has 0 radical (unpaired) electrons. The van der Waals surface area contributed by atoms with Gasteiger partial charge in [-0.05, 0) is 44.7 Å². The molecule has 10 nitrogen and oxygen atoms in total. The third-order valence-corrected chi connectivity index (χ3v) is 4.93. The zero-order valence-electron chi connectivity index (χ0n) is 21.8. The minimum Gasteiger partial charge on any atom is -0.468 e. The van der Waals surface area contributed by atoms with Crippen LogP contribution in [-0.2, 0) is 23.9 Å². The minimum atomic E-state index is -1.29. The van der Waals surface area contributed by atoms with E-state index in [1.807, 2.05) is 13.8 Å². The monoisotopic (exact) mass is 503 g/mol. The standard InChI is InChI=1S/C26H37N3O7/c1-8-18-11-9-10-12-19(18)22(23(32)27-16-21(31)35-7)29(13-14-30)24(33)20(15-17(2)3)28-25(34)36-26(4,5)6/h1,9-12,17,20,22,30H,13-16H2,2-7H3,(H,27,32)(H,28,34). The smallest absolute Gasteiger partial charge is 0.408 e. The molecular formula is C26H37N3O7. The topological polar surface area (TPSA) is 134 Å². The van der Waals surface area contributed by atoms with E-state index in [0.717, 1.165) is 4.90 Å². The molecule has 1 rings (SSSR count). The molecule has 2 unspecified atom stereocenters. The third-order valence-electron chi connectivity index (χ3n) is 4.93. The Hall–Kier alpha value is -3.58. The van der Waals surface area contributed by atoms with E-state index in [4.69, 9.17) is 11.2 Å². The molecule has 0 aliphatic carbocycles. The Balaban J connectivity index is 3.50. The second-order valence-corrected chi connectivity index (χ2v) is 9.51. The van der Waals surface area contributed by atoms with Gasteiger partial charge in [-0.1, -0.05) is 38.0 Å². The van der Waals surface area contributed by atoms with Crippen molar-refractivity contribution in [2.24, 2.45) is 5.92 Å². The summed E-state index contributed by atoms with van der Waals surface area (Å²) in [4.78, 5) is 52.4. The van der Waals surface area contributed by atoms with Crippen LogP contribution in [0.3, 0.4) is 0 Å². The van der Waals surface area contributed by atoms with E-state index >= 15 is 0 Å². The molecule has 0 spiro atoms. The van der Waals surface area contributed by atoms with Gasteiger partial charge in [0, 0.05) is 12.1 Å². The van der Waals surface area contributed by atoms with Crippen LogP contribution in [0.5, 0.6) is 0 Å². The van der Waals surface area contributed by atoms with Crippen molar-refractivity contribution in [3.8, 4) is 12.3 Å². The molecule has 0 fully saturated rings. The molecule has 0 heterocycles. The molecule has 0 aliphatic heterocycles. The lowest BCUT2D eigenvalue weighted by atomic mass is 9.96. The van der Waals surface area contributed by atoms with Crippen molar-refractivity contribution in [1.82, 2.24) is 15.5 Å². The molecule has 0 bridgehead atoms. The van der Waals surface area contributed by atoms with Gasteiger partial charge in [0.15, 0.2) is 0 Å². The summed E-state index contributed by atoms with van der Waals surface area (Å²) in [5, 5.41) is 14.8. The fourth-order valence-corrected chi connectivity index (χ4v) is 3.46. The van der Waals surface area contributed by atoms with Gasteiger partial charge in [0.05, 0.1) is 13.7 Å². The number of hydrogen-bond donors (Lipinski definition) is 3. The summed E-state index contributed by atoms with van der Waals surface area (Å²) in [5.41, 5.74) is -0.112. The number of alkyl carbamates (subject to hydrolysis) is 1.